The summed E-state index contributed by atoms with van der Waals surface area (Å²) in [6.07, 6.45) is 0. The molecule has 13 heavy (non-hydrogen) atoms. The van der Waals surface area contributed by atoms with Crippen LogP contribution >= 0.6 is 11.3 Å². The van der Waals surface area contributed by atoms with Crippen LogP contribution in [0.3, 0.4) is 0 Å². The minimum atomic E-state index is 0.435. The highest BCUT2D eigenvalue weighted by molar-refractivity contribution is 7.17. The Morgan fingerprint density at radius 1 is 1.38 bits per heavy atom. The molecule has 4 heteroatoms. The van der Waals surface area contributed by atoms with Crippen LogP contribution in [-0.4, -0.2) is 0 Å². The van der Waals surface area contributed by atoms with Gasteiger partial charge in [0.15, 0.2) is 0 Å². The van der Waals surface area contributed by atoms with E-state index in [1.165, 1.54) is 10.1 Å². The van der Waals surface area contributed by atoms with Gasteiger partial charge in [-0.05, 0) is 34.0 Å². The molecule has 0 saturated heterocycles. The van der Waals surface area contributed by atoms with Gasteiger partial charge in [-0.25, -0.2) is 0 Å². The summed E-state index contributed by atoms with van der Waals surface area (Å²) >= 11 is 1.70. The van der Waals surface area contributed by atoms with Crippen molar-refractivity contribution >= 4 is 21.4 Å². The van der Waals surface area contributed by atoms with Crippen LogP contribution in [-0.2, 0) is 6.54 Å². The molecule has 0 N–H and O–H groups in total. The van der Waals surface area contributed by atoms with Gasteiger partial charge in [0.05, 0.1) is 6.54 Å². The largest absolute Gasteiger partial charge is 0.144 e. The van der Waals surface area contributed by atoms with Gasteiger partial charge in [0.1, 0.15) is 0 Å². The number of nitrogens with zero attached hydrogens (tertiary/aromatic N) is 3. The van der Waals surface area contributed by atoms with E-state index in [1.54, 1.807) is 11.3 Å². The summed E-state index contributed by atoms with van der Waals surface area (Å²) in [5.74, 6) is 0. The molecule has 1 aromatic carbocycles. The second-order valence-corrected chi connectivity index (χ2v) is 3.63. The average molecular weight is 189 g/mol. The zero-order valence-electron chi connectivity index (χ0n) is 6.84. The molecule has 0 atom stereocenters. The Morgan fingerprint density at radius 3 is 3.15 bits per heavy atom. The van der Waals surface area contributed by atoms with Crippen LogP contribution in [0.15, 0.2) is 34.8 Å². The van der Waals surface area contributed by atoms with Crippen molar-refractivity contribution in [2.24, 2.45) is 5.11 Å². The summed E-state index contributed by atoms with van der Waals surface area (Å²) in [7, 11) is 0. The Hall–Kier alpha value is -1.51. The van der Waals surface area contributed by atoms with E-state index in [-0.39, 0.29) is 0 Å². The molecule has 0 bridgehead atoms. The third-order valence-corrected chi connectivity index (χ3v) is 2.72. The first-order chi connectivity index (χ1) is 6.40. The van der Waals surface area contributed by atoms with Gasteiger partial charge in [-0.15, -0.1) is 11.3 Å². The fourth-order valence-corrected chi connectivity index (χ4v) is 2.06. The fourth-order valence-electron chi connectivity index (χ4n) is 1.21. The number of azide groups is 1. The van der Waals surface area contributed by atoms with Crippen molar-refractivity contribution in [1.82, 2.24) is 0 Å². The first-order valence-corrected chi connectivity index (χ1v) is 4.75. The quantitative estimate of drug-likeness (QED) is 0.393. The van der Waals surface area contributed by atoms with E-state index in [4.69, 9.17) is 5.53 Å². The number of benzene rings is 1. The minimum Gasteiger partial charge on any atom is -0.144 e. The maximum absolute atomic E-state index is 8.16. The monoisotopic (exact) mass is 189 g/mol. The standard InChI is InChI=1S/C9H7N3S/c10-12-11-6-7-1-2-8-3-4-13-9(8)5-7/h1-5H,6H2. The van der Waals surface area contributed by atoms with E-state index in [9.17, 15) is 0 Å². The number of fused-ring (bicyclic) bond motifs is 1. The lowest BCUT2D eigenvalue weighted by Crippen LogP contribution is -1.77. The van der Waals surface area contributed by atoms with Crippen LogP contribution in [0.5, 0.6) is 0 Å². The highest BCUT2D eigenvalue weighted by Gasteiger charge is 1.95. The van der Waals surface area contributed by atoms with Crippen LogP contribution in [0.2, 0.25) is 0 Å². The molecule has 1 aromatic heterocycles. The molecule has 0 aliphatic rings. The predicted molar refractivity (Wildman–Crippen MR) is 54.7 cm³/mol. The molecule has 3 nitrogen and oxygen atoms in total. The predicted octanol–water partition coefficient (Wildman–Crippen LogP) is 3.71. The van der Waals surface area contributed by atoms with E-state index in [1.807, 2.05) is 12.1 Å². The zero-order valence-corrected chi connectivity index (χ0v) is 7.66. The van der Waals surface area contributed by atoms with Gasteiger partial charge in [0.2, 0.25) is 0 Å². The maximum atomic E-state index is 8.16. The van der Waals surface area contributed by atoms with Crippen LogP contribution in [0, 0.1) is 0 Å². The van der Waals surface area contributed by atoms with Crippen molar-refractivity contribution in [3.05, 3.63) is 45.7 Å². The van der Waals surface area contributed by atoms with Gasteiger partial charge in [-0.3, -0.25) is 0 Å². The van der Waals surface area contributed by atoms with E-state index in [0.717, 1.165) is 5.56 Å². The van der Waals surface area contributed by atoms with Crippen molar-refractivity contribution in [2.75, 3.05) is 0 Å². The second-order valence-electron chi connectivity index (χ2n) is 2.68. The molecule has 0 spiro atoms. The SMILES string of the molecule is [N-]=[N+]=NCc1ccc2ccsc2c1. The lowest BCUT2D eigenvalue weighted by Gasteiger charge is -1.94. The van der Waals surface area contributed by atoms with E-state index >= 15 is 0 Å². The summed E-state index contributed by atoms with van der Waals surface area (Å²) in [6, 6.07) is 8.18. The normalized spacial score (nSPS) is 9.85. The van der Waals surface area contributed by atoms with Crippen molar-refractivity contribution in [3.63, 3.8) is 0 Å². The Balaban J connectivity index is 2.42. The average Bonchev–Trinajstić information content (AvgIpc) is 2.61. The first-order valence-electron chi connectivity index (χ1n) is 3.87. The van der Waals surface area contributed by atoms with E-state index in [2.05, 4.69) is 27.5 Å². The summed E-state index contributed by atoms with van der Waals surface area (Å²) in [5, 5.41) is 6.82. The fraction of sp³-hybridized carbons (Fsp3) is 0.111. The van der Waals surface area contributed by atoms with Gasteiger partial charge in [-0.1, -0.05) is 17.2 Å². The molecular weight excluding hydrogens is 182 g/mol. The molecule has 2 rings (SSSR count). The first kappa shape index (κ1) is 8.10. The van der Waals surface area contributed by atoms with Crippen molar-refractivity contribution in [2.45, 2.75) is 6.54 Å². The number of thiophene rings is 1. The molecule has 2 aromatic rings. The topological polar surface area (TPSA) is 48.8 Å². The van der Waals surface area contributed by atoms with Crippen molar-refractivity contribution < 1.29 is 0 Å². The Labute approximate surface area is 79.3 Å². The Bertz CT molecular complexity index is 468. The molecule has 0 fully saturated rings. The van der Waals surface area contributed by atoms with Crippen LogP contribution < -0.4 is 0 Å². The number of hydrogen-bond donors (Lipinski definition) is 0. The van der Waals surface area contributed by atoms with Crippen molar-refractivity contribution in [3.8, 4) is 0 Å². The molecular formula is C9H7N3S. The summed E-state index contributed by atoms with van der Waals surface area (Å²) < 4.78 is 1.24. The van der Waals surface area contributed by atoms with Crippen molar-refractivity contribution in [1.29, 1.82) is 0 Å². The maximum Gasteiger partial charge on any atom is 0.0511 e. The summed E-state index contributed by atoms with van der Waals surface area (Å²) in [6.45, 7) is 0.435. The molecule has 0 radical (unpaired) electrons. The molecule has 0 saturated carbocycles. The van der Waals surface area contributed by atoms with Gasteiger partial charge < -0.3 is 0 Å². The second kappa shape index (κ2) is 3.47. The summed E-state index contributed by atoms with van der Waals surface area (Å²) in [5.41, 5.74) is 9.22. The lowest BCUT2D eigenvalue weighted by atomic mass is 10.2. The highest BCUT2D eigenvalue weighted by atomic mass is 32.1. The van der Waals surface area contributed by atoms with Gasteiger partial charge in [-0.2, -0.15) is 0 Å². The van der Waals surface area contributed by atoms with Gasteiger partial charge in [0, 0.05) is 9.61 Å². The Kier molecular flexibility index (Phi) is 2.17. The smallest absolute Gasteiger partial charge is 0.0511 e. The Morgan fingerprint density at radius 2 is 2.31 bits per heavy atom. The van der Waals surface area contributed by atoms with E-state index < -0.39 is 0 Å². The molecule has 1 heterocycles. The molecule has 0 amide bonds. The van der Waals surface area contributed by atoms with Gasteiger partial charge in [0.25, 0.3) is 0 Å². The number of rotatable bonds is 2. The molecule has 0 aliphatic heterocycles. The van der Waals surface area contributed by atoms with Crippen LogP contribution in [0.4, 0.5) is 0 Å². The third kappa shape index (κ3) is 1.64. The number of hydrogen-bond acceptors (Lipinski definition) is 2. The minimum absolute atomic E-state index is 0.435. The third-order valence-electron chi connectivity index (χ3n) is 1.84. The van der Waals surface area contributed by atoms with Crippen LogP contribution in [0.25, 0.3) is 20.5 Å². The lowest BCUT2D eigenvalue weighted by molar-refractivity contribution is 1.05. The van der Waals surface area contributed by atoms with Crippen LogP contribution in [0.1, 0.15) is 5.56 Å². The molecule has 0 aliphatic carbocycles. The van der Waals surface area contributed by atoms with Gasteiger partial charge >= 0.3 is 0 Å². The molecule has 0 unspecified atom stereocenters. The highest BCUT2D eigenvalue weighted by Crippen LogP contribution is 2.22. The molecule has 64 valence electrons. The van der Waals surface area contributed by atoms with E-state index in [0.29, 0.717) is 6.54 Å². The summed E-state index contributed by atoms with van der Waals surface area (Å²) in [4.78, 5) is 2.73. The zero-order chi connectivity index (χ0) is 9.10.